The molecule has 1 heterocycles. The second kappa shape index (κ2) is 5.14. The number of hydrogen-bond acceptors (Lipinski definition) is 3. The Morgan fingerprint density at radius 2 is 2.19 bits per heavy atom. The molecule has 0 unspecified atom stereocenters. The largest absolute Gasteiger partial charge is 0.387 e. The van der Waals surface area contributed by atoms with Gasteiger partial charge in [-0.25, -0.2) is 4.68 Å². The van der Waals surface area contributed by atoms with E-state index in [1.165, 1.54) is 32.1 Å². The van der Waals surface area contributed by atoms with Gasteiger partial charge in [0, 0.05) is 19.7 Å². The summed E-state index contributed by atoms with van der Waals surface area (Å²) in [5.74, 6) is 0.638. The molecule has 0 aliphatic heterocycles. The monoisotopic (exact) mass is 221 g/mol. The van der Waals surface area contributed by atoms with Crippen molar-refractivity contribution in [3.8, 4) is 0 Å². The molecule has 1 aromatic heterocycles. The van der Waals surface area contributed by atoms with Crippen molar-refractivity contribution in [1.82, 2.24) is 9.78 Å². The average Bonchev–Trinajstić information content (AvgIpc) is 2.33. The summed E-state index contributed by atoms with van der Waals surface area (Å²) in [6.45, 7) is 0.781. The number of anilines is 1. The Morgan fingerprint density at radius 3 is 2.81 bits per heavy atom. The minimum absolute atomic E-state index is 0.00239. The Hall–Kier alpha value is -1.32. The van der Waals surface area contributed by atoms with E-state index >= 15 is 0 Å². The second-order valence-electron chi connectivity index (χ2n) is 4.52. The van der Waals surface area contributed by atoms with Gasteiger partial charge in [0.15, 0.2) is 0 Å². The van der Waals surface area contributed by atoms with E-state index in [-0.39, 0.29) is 5.56 Å². The molecule has 0 bridgehead atoms. The van der Waals surface area contributed by atoms with E-state index in [1.54, 1.807) is 24.0 Å². The lowest BCUT2D eigenvalue weighted by atomic mass is 9.89. The summed E-state index contributed by atoms with van der Waals surface area (Å²) >= 11 is 0. The highest BCUT2D eigenvalue weighted by Crippen LogP contribution is 2.24. The van der Waals surface area contributed by atoms with Gasteiger partial charge < -0.3 is 5.32 Å². The molecule has 16 heavy (non-hydrogen) atoms. The standard InChI is InChI=1S/C12H19N3O/c1-13-11-7-12(16)15(14-8-11)9-10-5-3-2-4-6-10/h7-8,10,13H,2-6,9H2,1H3. The van der Waals surface area contributed by atoms with Crippen LogP contribution in [0.25, 0.3) is 0 Å². The fraction of sp³-hybridized carbons (Fsp3) is 0.667. The van der Waals surface area contributed by atoms with Gasteiger partial charge in [0.25, 0.3) is 5.56 Å². The van der Waals surface area contributed by atoms with Gasteiger partial charge in [-0.15, -0.1) is 0 Å². The van der Waals surface area contributed by atoms with E-state index in [9.17, 15) is 4.79 Å². The van der Waals surface area contributed by atoms with Gasteiger partial charge in [-0.1, -0.05) is 19.3 Å². The highest BCUT2D eigenvalue weighted by Gasteiger charge is 2.14. The van der Waals surface area contributed by atoms with Crippen LogP contribution in [0.4, 0.5) is 5.69 Å². The summed E-state index contributed by atoms with van der Waals surface area (Å²) in [5.41, 5.74) is 0.780. The number of nitrogens with zero attached hydrogens (tertiary/aromatic N) is 2. The van der Waals surface area contributed by atoms with Crippen LogP contribution in [0.2, 0.25) is 0 Å². The van der Waals surface area contributed by atoms with Gasteiger partial charge in [-0.05, 0) is 18.8 Å². The van der Waals surface area contributed by atoms with Crippen LogP contribution in [-0.2, 0) is 6.54 Å². The number of rotatable bonds is 3. The number of hydrogen-bond donors (Lipinski definition) is 1. The number of aromatic nitrogens is 2. The van der Waals surface area contributed by atoms with Crippen LogP contribution in [0.3, 0.4) is 0 Å². The summed E-state index contributed by atoms with van der Waals surface area (Å²) < 4.78 is 1.59. The van der Waals surface area contributed by atoms with E-state index in [2.05, 4.69) is 10.4 Å². The fourth-order valence-electron chi connectivity index (χ4n) is 2.32. The maximum absolute atomic E-state index is 11.7. The molecular formula is C12H19N3O. The van der Waals surface area contributed by atoms with E-state index in [0.29, 0.717) is 5.92 Å². The van der Waals surface area contributed by atoms with Crippen molar-refractivity contribution >= 4 is 5.69 Å². The average molecular weight is 221 g/mol. The first-order chi connectivity index (χ1) is 7.79. The van der Waals surface area contributed by atoms with Crippen LogP contribution >= 0.6 is 0 Å². The van der Waals surface area contributed by atoms with Gasteiger partial charge in [0.1, 0.15) is 0 Å². The van der Waals surface area contributed by atoms with Gasteiger partial charge >= 0.3 is 0 Å². The van der Waals surface area contributed by atoms with Crippen LogP contribution < -0.4 is 10.9 Å². The third kappa shape index (κ3) is 2.62. The summed E-state index contributed by atoms with van der Waals surface area (Å²) in [6.07, 6.45) is 8.13. The van der Waals surface area contributed by atoms with E-state index < -0.39 is 0 Å². The molecule has 2 rings (SSSR count). The Labute approximate surface area is 95.7 Å². The molecule has 1 fully saturated rings. The summed E-state index contributed by atoms with van der Waals surface area (Å²) in [7, 11) is 1.79. The molecule has 1 aliphatic rings. The molecule has 4 nitrogen and oxygen atoms in total. The molecule has 0 spiro atoms. The first kappa shape index (κ1) is 11.2. The lowest BCUT2D eigenvalue weighted by molar-refractivity contribution is 0.303. The molecule has 0 amide bonds. The third-order valence-electron chi connectivity index (χ3n) is 3.31. The second-order valence-corrected chi connectivity index (χ2v) is 4.52. The van der Waals surface area contributed by atoms with Gasteiger partial charge in [0.05, 0.1) is 11.9 Å². The number of nitrogens with one attached hydrogen (secondary N) is 1. The summed E-state index contributed by atoms with van der Waals surface area (Å²) in [5, 5.41) is 7.11. The molecule has 4 heteroatoms. The van der Waals surface area contributed by atoms with Crippen molar-refractivity contribution in [3.05, 3.63) is 22.6 Å². The van der Waals surface area contributed by atoms with Crippen molar-refractivity contribution in [2.24, 2.45) is 5.92 Å². The first-order valence-electron chi connectivity index (χ1n) is 6.04. The predicted molar refractivity (Wildman–Crippen MR) is 64.6 cm³/mol. The molecule has 0 radical (unpaired) electrons. The summed E-state index contributed by atoms with van der Waals surface area (Å²) in [4.78, 5) is 11.7. The van der Waals surface area contributed by atoms with Crippen molar-refractivity contribution in [1.29, 1.82) is 0 Å². The molecule has 1 aliphatic carbocycles. The molecule has 1 N–H and O–H groups in total. The van der Waals surface area contributed by atoms with Crippen LogP contribution in [0.15, 0.2) is 17.1 Å². The third-order valence-corrected chi connectivity index (χ3v) is 3.31. The van der Waals surface area contributed by atoms with Gasteiger partial charge in [0.2, 0.25) is 0 Å². The molecule has 0 saturated heterocycles. The van der Waals surface area contributed by atoms with Crippen molar-refractivity contribution in [2.45, 2.75) is 38.6 Å². The van der Waals surface area contributed by atoms with E-state index in [4.69, 9.17) is 0 Å². The Balaban J connectivity index is 2.06. The Kier molecular flexibility index (Phi) is 3.59. The smallest absolute Gasteiger partial charge is 0.268 e. The Bertz CT molecular complexity index is 393. The van der Waals surface area contributed by atoms with Gasteiger partial charge in [-0.3, -0.25) is 4.79 Å². The summed E-state index contributed by atoms with van der Waals surface area (Å²) in [6, 6.07) is 1.61. The maximum Gasteiger partial charge on any atom is 0.268 e. The van der Waals surface area contributed by atoms with Crippen molar-refractivity contribution in [2.75, 3.05) is 12.4 Å². The van der Waals surface area contributed by atoms with E-state index in [0.717, 1.165) is 12.2 Å². The molecule has 0 atom stereocenters. The molecule has 88 valence electrons. The van der Waals surface area contributed by atoms with Crippen LogP contribution in [0.1, 0.15) is 32.1 Å². The minimum atomic E-state index is -0.00239. The predicted octanol–water partition coefficient (Wildman–Crippen LogP) is 1.87. The maximum atomic E-state index is 11.7. The zero-order valence-corrected chi connectivity index (χ0v) is 9.78. The molecule has 1 aromatic rings. The van der Waals surface area contributed by atoms with Crippen LogP contribution in [-0.4, -0.2) is 16.8 Å². The highest BCUT2D eigenvalue weighted by molar-refractivity contribution is 5.37. The van der Waals surface area contributed by atoms with Crippen molar-refractivity contribution in [3.63, 3.8) is 0 Å². The molecule has 0 aromatic carbocycles. The Morgan fingerprint density at radius 1 is 1.44 bits per heavy atom. The van der Waals surface area contributed by atoms with Gasteiger partial charge in [-0.2, -0.15) is 5.10 Å². The minimum Gasteiger partial charge on any atom is -0.387 e. The molecule has 1 saturated carbocycles. The normalized spacial score (nSPS) is 17.3. The van der Waals surface area contributed by atoms with E-state index in [1.807, 2.05) is 0 Å². The first-order valence-corrected chi connectivity index (χ1v) is 6.04. The topological polar surface area (TPSA) is 46.9 Å². The van der Waals surface area contributed by atoms with Crippen LogP contribution in [0.5, 0.6) is 0 Å². The zero-order valence-electron chi connectivity index (χ0n) is 9.78. The van der Waals surface area contributed by atoms with Crippen molar-refractivity contribution < 1.29 is 0 Å². The lowest BCUT2D eigenvalue weighted by Gasteiger charge is -2.21. The SMILES string of the molecule is CNc1cnn(CC2CCCCC2)c(=O)c1. The zero-order chi connectivity index (χ0) is 11.4. The molecular weight excluding hydrogens is 202 g/mol. The van der Waals surface area contributed by atoms with Crippen LogP contribution in [0, 0.1) is 5.92 Å². The fourth-order valence-corrected chi connectivity index (χ4v) is 2.32. The quantitative estimate of drug-likeness (QED) is 0.847. The highest BCUT2D eigenvalue weighted by atomic mass is 16.1. The lowest BCUT2D eigenvalue weighted by Crippen LogP contribution is -2.26.